The van der Waals surface area contributed by atoms with Gasteiger partial charge in [0.1, 0.15) is 0 Å². The molecular weight excluding hydrogens is 446 g/mol. The van der Waals surface area contributed by atoms with Gasteiger partial charge in [-0.05, 0) is 29.8 Å². The van der Waals surface area contributed by atoms with Gasteiger partial charge in [0.15, 0.2) is 5.82 Å². The third-order valence-electron chi connectivity index (χ3n) is 5.02. The van der Waals surface area contributed by atoms with Crippen LogP contribution in [0.25, 0.3) is 27.5 Å². The maximum atomic E-state index is 12.8. The van der Waals surface area contributed by atoms with Gasteiger partial charge in [-0.2, -0.15) is 0 Å². The molecule has 7 nitrogen and oxygen atoms in total. The van der Waals surface area contributed by atoms with E-state index in [0.29, 0.717) is 10.7 Å². The van der Waals surface area contributed by atoms with Crippen LogP contribution < -0.4 is 10.9 Å². The molecule has 0 aliphatic heterocycles. The topological polar surface area (TPSA) is 88.9 Å². The monoisotopic (exact) mass is 465 g/mol. The van der Waals surface area contributed by atoms with Crippen LogP contribution in [0.2, 0.25) is 0 Å². The molecule has 2 amide bonds. The summed E-state index contributed by atoms with van der Waals surface area (Å²) in [5.74, 6) is -0.556. The molecule has 2 heterocycles. The van der Waals surface area contributed by atoms with Gasteiger partial charge >= 0.3 is 5.91 Å². The Bertz CT molecular complexity index is 1370. The standard InChI is InChI=1S/C26H19N5O2S/c32-25(22-17-16-21(34-22)18-10-4-1-5-11-18)28-29-26(33)23-27-24(19-12-6-2-7-13-19)31(30-23)20-14-8-3-9-15-20/h1-17H,(H,28,32)(H,29,33). The van der Waals surface area contributed by atoms with E-state index in [9.17, 15) is 9.59 Å². The number of hydrogen-bond acceptors (Lipinski definition) is 5. The lowest BCUT2D eigenvalue weighted by atomic mass is 10.2. The lowest BCUT2D eigenvalue weighted by molar-refractivity contribution is 0.0843. The van der Waals surface area contributed by atoms with Crippen LogP contribution in [0, 0.1) is 0 Å². The van der Waals surface area contributed by atoms with Crippen LogP contribution in [0.3, 0.4) is 0 Å². The summed E-state index contributed by atoms with van der Waals surface area (Å²) in [6.07, 6.45) is 0. The number of para-hydroxylation sites is 1. The second kappa shape index (κ2) is 9.51. The van der Waals surface area contributed by atoms with Gasteiger partial charge in [0, 0.05) is 10.4 Å². The van der Waals surface area contributed by atoms with E-state index in [1.807, 2.05) is 97.1 Å². The minimum Gasteiger partial charge on any atom is -0.266 e. The number of hydrogen-bond donors (Lipinski definition) is 2. The maximum absolute atomic E-state index is 12.8. The van der Waals surface area contributed by atoms with Crippen LogP contribution in [0.4, 0.5) is 0 Å². The first kappa shape index (κ1) is 21.3. The SMILES string of the molecule is O=C(NNC(=O)c1ccc(-c2ccccc2)s1)c1nc(-c2ccccc2)n(-c2ccccc2)n1. The van der Waals surface area contributed by atoms with Crippen LogP contribution in [0.15, 0.2) is 103 Å². The number of amides is 2. The van der Waals surface area contributed by atoms with Crippen molar-refractivity contribution in [2.75, 3.05) is 0 Å². The van der Waals surface area contributed by atoms with Crippen LogP contribution in [-0.2, 0) is 0 Å². The number of carbonyl (C=O) groups excluding carboxylic acids is 2. The summed E-state index contributed by atoms with van der Waals surface area (Å²) in [6, 6.07) is 32.3. The van der Waals surface area contributed by atoms with Gasteiger partial charge in [-0.15, -0.1) is 16.4 Å². The smallest absolute Gasteiger partial charge is 0.266 e. The lowest BCUT2D eigenvalue weighted by Crippen LogP contribution is -2.41. The van der Waals surface area contributed by atoms with Crippen molar-refractivity contribution < 1.29 is 9.59 Å². The number of nitrogens with one attached hydrogen (secondary N) is 2. The molecule has 5 aromatic rings. The van der Waals surface area contributed by atoms with Crippen molar-refractivity contribution in [3.8, 4) is 27.5 Å². The largest absolute Gasteiger partial charge is 0.309 e. The Morgan fingerprint density at radius 1 is 0.676 bits per heavy atom. The van der Waals surface area contributed by atoms with Crippen molar-refractivity contribution in [1.82, 2.24) is 25.6 Å². The van der Waals surface area contributed by atoms with Crippen molar-refractivity contribution >= 4 is 23.2 Å². The van der Waals surface area contributed by atoms with E-state index in [2.05, 4.69) is 20.9 Å². The molecule has 5 rings (SSSR count). The first-order chi connectivity index (χ1) is 16.7. The average molecular weight is 466 g/mol. The minimum atomic E-state index is -0.611. The van der Waals surface area contributed by atoms with E-state index < -0.39 is 11.8 Å². The molecule has 0 bridgehead atoms. The summed E-state index contributed by atoms with van der Waals surface area (Å²) in [7, 11) is 0. The first-order valence-corrected chi connectivity index (χ1v) is 11.3. The third kappa shape index (κ3) is 4.48. The number of carbonyl (C=O) groups is 2. The van der Waals surface area contributed by atoms with Crippen LogP contribution >= 0.6 is 11.3 Å². The van der Waals surface area contributed by atoms with E-state index in [0.717, 1.165) is 21.7 Å². The summed E-state index contributed by atoms with van der Waals surface area (Å²) >= 11 is 1.34. The molecule has 0 aliphatic carbocycles. The predicted molar refractivity (Wildman–Crippen MR) is 131 cm³/mol. The highest BCUT2D eigenvalue weighted by atomic mass is 32.1. The Labute approximate surface area is 199 Å². The van der Waals surface area contributed by atoms with Gasteiger partial charge in [-0.25, -0.2) is 9.67 Å². The van der Waals surface area contributed by atoms with Crippen molar-refractivity contribution in [2.45, 2.75) is 0 Å². The molecule has 3 aromatic carbocycles. The highest BCUT2D eigenvalue weighted by molar-refractivity contribution is 7.17. The van der Waals surface area contributed by atoms with Crippen molar-refractivity contribution in [1.29, 1.82) is 0 Å². The highest BCUT2D eigenvalue weighted by Gasteiger charge is 2.20. The minimum absolute atomic E-state index is 0.0563. The molecular formula is C26H19N5O2S. The quantitative estimate of drug-likeness (QED) is 0.367. The third-order valence-corrected chi connectivity index (χ3v) is 6.15. The summed E-state index contributed by atoms with van der Waals surface area (Å²) in [4.78, 5) is 31.2. The fourth-order valence-corrected chi connectivity index (χ4v) is 4.29. The second-order valence-corrected chi connectivity index (χ2v) is 8.39. The zero-order valence-corrected chi connectivity index (χ0v) is 18.7. The van der Waals surface area contributed by atoms with Gasteiger partial charge in [0.2, 0.25) is 5.82 Å². The number of nitrogens with zero attached hydrogens (tertiary/aromatic N) is 3. The highest BCUT2D eigenvalue weighted by Crippen LogP contribution is 2.27. The summed E-state index contributed by atoms with van der Waals surface area (Å²) < 4.78 is 1.61. The molecule has 0 unspecified atom stereocenters. The molecule has 0 aliphatic rings. The molecule has 0 saturated heterocycles. The number of rotatable bonds is 5. The fraction of sp³-hybridized carbons (Fsp3) is 0. The van der Waals surface area contributed by atoms with Gasteiger partial charge in [0.05, 0.1) is 10.6 Å². The predicted octanol–water partition coefficient (Wildman–Crippen LogP) is 4.74. The summed E-state index contributed by atoms with van der Waals surface area (Å²) in [5.41, 5.74) is 7.48. The molecule has 0 saturated carbocycles. The Kier molecular flexibility index (Phi) is 5.96. The summed E-state index contributed by atoms with van der Waals surface area (Å²) in [6.45, 7) is 0. The van der Waals surface area contributed by atoms with E-state index >= 15 is 0 Å². The van der Waals surface area contributed by atoms with E-state index in [-0.39, 0.29) is 5.82 Å². The van der Waals surface area contributed by atoms with E-state index in [4.69, 9.17) is 0 Å². The average Bonchev–Trinajstić information content (AvgIpc) is 3.57. The Hall–Kier alpha value is -4.56. The Morgan fingerprint density at radius 3 is 1.94 bits per heavy atom. The molecule has 2 N–H and O–H groups in total. The van der Waals surface area contributed by atoms with Crippen LogP contribution in [0.1, 0.15) is 20.3 Å². The molecule has 2 aromatic heterocycles. The lowest BCUT2D eigenvalue weighted by Gasteiger charge is -2.05. The van der Waals surface area contributed by atoms with Crippen molar-refractivity contribution in [2.24, 2.45) is 0 Å². The van der Waals surface area contributed by atoms with E-state index in [1.54, 1.807) is 10.7 Å². The molecule has 34 heavy (non-hydrogen) atoms. The zero-order valence-electron chi connectivity index (χ0n) is 17.9. The molecule has 0 radical (unpaired) electrons. The number of thiophene rings is 1. The van der Waals surface area contributed by atoms with Crippen LogP contribution in [-0.4, -0.2) is 26.6 Å². The maximum Gasteiger partial charge on any atom is 0.309 e. The Morgan fingerprint density at radius 2 is 1.26 bits per heavy atom. The van der Waals surface area contributed by atoms with Gasteiger partial charge < -0.3 is 0 Å². The zero-order chi connectivity index (χ0) is 23.3. The molecule has 0 fully saturated rings. The normalized spacial score (nSPS) is 10.6. The van der Waals surface area contributed by atoms with Crippen molar-refractivity contribution in [3.05, 3.63) is 114 Å². The summed E-state index contributed by atoms with van der Waals surface area (Å²) in [5, 5.41) is 4.40. The molecule has 0 spiro atoms. The fourth-order valence-electron chi connectivity index (χ4n) is 3.38. The number of aromatic nitrogens is 3. The Balaban J connectivity index is 1.34. The number of benzene rings is 3. The van der Waals surface area contributed by atoms with Gasteiger partial charge in [-0.3, -0.25) is 20.4 Å². The van der Waals surface area contributed by atoms with Gasteiger partial charge in [-0.1, -0.05) is 78.9 Å². The van der Waals surface area contributed by atoms with E-state index in [1.165, 1.54) is 11.3 Å². The number of hydrazine groups is 1. The molecule has 0 atom stereocenters. The second-order valence-electron chi connectivity index (χ2n) is 7.31. The first-order valence-electron chi connectivity index (χ1n) is 10.5. The van der Waals surface area contributed by atoms with Gasteiger partial charge in [0.25, 0.3) is 5.91 Å². The van der Waals surface area contributed by atoms with Crippen LogP contribution in [0.5, 0.6) is 0 Å². The molecule has 166 valence electrons. The molecule has 8 heteroatoms. The van der Waals surface area contributed by atoms with Crippen molar-refractivity contribution in [3.63, 3.8) is 0 Å².